The quantitative estimate of drug-likeness (QED) is 0.766. The number of rotatable bonds is 7. The maximum Gasteiger partial charge on any atom is 0.0300 e. The van der Waals surface area contributed by atoms with Crippen molar-refractivity contribution in [3.63, 3.8) is 0 Å². The first-order chi connectivity index (χ1) is 8.74. The molecule has 4 heteroatoms. The van der Waals surface area contributed by atoms with Crippen LogP contribution in [-0.4, -0.2) is 31.6 Å². The molecular weight excluding hydrogens is 308 g/mol. The summed E-state index contributed by atoms with van der Waals surface area (Å²) in [5.41, 5.74) is 0. The molecule has 0 saturated heterocycles. The molecule has 1 N–H and O–H groups in total. The highest BCUT2D eigenvalue weighted by molar-refractivity contribution is 9.10. The Morgan fingerprint density at radius 1 is 1.44 bits per heavy atom. The largest absolute Gasteiger partial charge is 0.311 e. The Kier molecular flexibility index (Phi) is 6.15. The molecule has 102 valence electrons. The van der Waals surface area contributed by atoms with Gasteiger partial charge in [-0.2, -0.15) is 0 Å². The van der Waals surface area contributed by atoms with Gasteiger partial charge < -0.3 is 10.2 Å². The van der Waals surface area contributed by atoms with E-state index in [9.17, 15) is 0 Å². The van der Waals surface area contributed by atoms with Crippen LogP contribution in [0.15, 0.2) is 15.9 Å². The van der Waals surface area contributed by atoms with E-state index in [1.807, 2.05) is 11.3 Å². The molecule has 0 unspecified atom stereocenters. The smallest absolute Gasteiger partial charge is 0.0300 e. The molecule has 1 fully saturated rings. The molecule has 1 heterocycles. The van der Waals surface area contributed by atoms with Crippen LogP contribution in [0.1, 0.15) is 30.6 Å². The van der Waals surface area contributed by atoms with Crippen molar-refractivity contribution in [2.45, 2.75) is 32.2 Å². The van der Waals surface area contributed by atoms with Gasteiger partial charge >= 0.3 is 0 Å². The predicted octanol–water partition coefficient (Wildman–Crippen LogP) is 3.72. The second kappa shape index (κ2) is 7.63. The second-order valence-corrected chi connectivity index (χ2v) is 7.23. The van der Waals surface area contributed by atoms with Gasteiger partial charge in [-0.3, -0.25) is 0 Å². The number of likely N-dealkylation sites (N-methyl/N-ethyl adjacent to an activating group) is 1. The Balaban J connectivity index is 1.54. The van der Waals surface area contributed by atoms with Crippen LogP contribution in [-0.2, 0) is 6.54 Å². The Morgan fingerprint density at radius 3 is 2.89 bits per heavy atom. The Morgan fingerprint density at radius 2 is 2.22 bits per heavy atom. The fraction of sp³-hybridized carbons (Fsp3) is 0.714. The van der Waals surface area contributed by atoms with E-state index in [1.54, 1.807) is 0 Å². The van der Waals surface area contributed by atoms with E-state index in [-0.39, 0.29) is 0 Å². The summed E-state index contributed by atoms with van der Waals surface area (Å²) in [5.74, 6) is 0.961. The van der Waals surface area contributed by atoms with Crippen LogP contribution in [0.5, 0.6) is 0 Å². The Bertz CT molecular complexity index is 347. The van der Waals surface area contributed by atoms with Gasteiger partial charge in [-0.1, -0.05) is 12.8 Å². The van der Waals surface area contributed by atoms with Gasteiger partial charge in [0.05, 0.1) is 0 Å². The van der Waals surface area contributed by atoms with E-state index < -0.39 is 0 Å². The number of nitrogens with zero attached hydrogens (tertiary/aromatic N) is 1. The number of nitrogens with one attached hydrogen (secondary N) is 1. The summed E-state index contributed by atoms with van der Waals surface area (Å²) in [6, 6.07) is 2.19. The van der Waals surface area contributed by atoms with Gasteiger partial charge in [-0.05, 0) is 47.8 Å². The lowest BCUT2D eigenvalue weighted by atomic mass is 10.1. The molecule has 1 aromatic heterocycles. The predicted molar refractivity (Wildman–Crippen MR) is 83.2 cm³/mol. The average molecular weight is 331 g/mol. The third kappa shape index (κ3) is 5.00. The molecule has 0 aliphatic heterocycles. The van der Waals surface area contributed by atoms with Gasteiger partial charge in [0.25, 0.3) is 0 Å². The van der Waals surface area contributed by atoms with Gasteiger partial charge in [0.2, 0.25) is 0 Å². The van der Waals surface area contributed by atoms with E-state index in [4.69, 9.17) is 0 Å². The zero-order valence-electron chi connectivity index (χ0n) is 11.1. The van der Waals surface area contributed by atoms with Crippen LogP contribution in [0.3, 0.4) is 0 Å². The van der Waals surface area contributed by atoms with E-state index in [1.165, 1.54) is 41.6 Å². The second-order valence-electron chi connectivity index (χ2n) is 5.32. The maximum absolute atomic E-state index is 3.52. The fourth-order valence-corrected chi connectivity index (χ4v) is 4.07. The van der Waals surface area contributed by atoms with Gasteiger partial charge in [-0.25, -0.2) is 0 Å². The normalized spacial score (nSPS) is 16.8. The van der Waals surface area contributed by atoms with E-state index in [0.29, 0.717) is 0 Å². The minimum absolute atomic E-state index is 0.961. The average Bonchev–Trinajstić information content (AvgIpc) is 2.96. The molecule has 0 aromatic carbocycles. The lowest BCUT2D eigenvalue weighted by Crippen LogP contribution is -2.31. The molecule has 0 spiro atoms. The van der Waals surface area contributed by atoms with Crippen molar-refractivity contribution in [3.8, 4) is 0 Å². The molecule has 1 saturated carbocycles. The minimum atomic E-state index is 0.961. The molecule has 1 aromatic rings. The summed E-state index contributed by atoms with van der Waals surface area (Å²) >= 11 is 5.30. The van der Waals surface area contributed by atoms with Gasteiger partial charge in [0.1, 0.15) is 0 Å². The molecule has 0 bridgehead atoms. The standard InChI is InChI=1S/C14H23BrN2S/c1-17(10-12-4-2-3-5-12)7-6-16-9-14-8-13(15)11-18-14/h8,11-12,16H,2-7,9-10H2,1H3. The van der Waals surface area contributed by atoms with Crippen LogP contribution in [0.25, 0.3) is 0 Å². The van der Waals surface area contributed by atoms with Crippen LogP contribution >= 0.6 is 27.3 Å². The highest BCUT2D eigenvalue weighted by Gasteiger charge is 2.16. The summed E-state index contributed by atoms with van der Waals surface area (Å²) in [6.45, 7) is 4.52. The topological polar surface area (TPSA) is 15.3 Å². The highest BCUT2D eigenvalue weighted by Crippen LogP contribution is 2.25. The number of hydrogen-bond acceptors (Lipinski definition) is 3. The summed E-state index contributed by atoms with van der Waals surface area (Å²) in [5, 5.41) is 5.66. The number of halogens is 1. The van der Waals surface area contributed by atoms with Crippen LogP contribution in [0.2, 0.25) is 0 Å². The van der Waals surface area contributed by atoms with Crippen molar-refractivity contribution in [1.82, 2.24) is 10.2 Å². The van der Waals surface area contributed by atoms with Crippen LogP contribution in [0, 0.1) is 5.92 Å². The maximum atomic E-state index is 3.52. The monoisotopic (exact) mass is 330 g/mol. The summed E-state index contributed by atoms with van der Waals surface area (Å²) in [7, 11) is 2.25. The molecular formula is C14H23BrN2S. The van der Waals surface area contributed by atoms with Crippen LogP contribution in [0.4, 0.5) is 0 Å². The van der Waals surface area contributed by atoms with Crippen molar-refractivity contribution in [2.75, 3.05) is 26.7 Å². The molecule has 1 aliphatic rings. The first kappa shape index (κ1) is 14.5. The zero-order chi connectivity index (χ0) is 12.8. The first-order valence-electron chi connectivity index (χ1n) is 6.86. The van der Waals surface area contributed by atoms with Crippen molar-refractivity contribution in [2.24, 2.45) is 5.92 Å². The van der Waals surface area contributed by atoms with Crippen molar-refractivity contribution < 1.29 is 0 Å². The van der Waals surface area contributed by atoms with Crippen molar-refractivity contribution >= 4 is 27.3 Å². The van der Waals surface area contributed by atoms with Gasteiger partial charge in [-0.15, -0.1) is 11.3 Å². The van der Waals surface area contributed by atoms with Gasteiger partial charge in [0.15, 0.2) is 0 Å². The molecule has 2 rings (SSSR count). The number of hydrogen-bond donors (Lipinski definition) is 1. The summed E-state index contributed by atoms with van der Waals surface area (Å²) < 4.78 is 1.20. The third-order valence-electron chi connectivity index (χ3n) is 3.64. The van der Waals surface area contributed by atoms with Gasteiger partial charge in [0, 0.05) is 40.9 Å². The third-order valence-corrected chi connectivity index (χ3v) is 5.33. The molecule has 2 nitrogen and oxygen atoms in total. The van der Waals surface area contributed by atoms with E-state index in [2.05, 4.69) is 44.6 Å². The van der Waals surface area contributed by atoms with E-state index in [0.717, 1.165) is 25.6 Å². The first-order valence-corrected chi connectivity index (χ1v) is 8.53. The summed E-state index contributed by atoms with van der Waals surface area (Å²) in [4.78, 5) is 3.88. The SMILES string of the molecule is CN(CCNCc1cc(Br)cs1)CC1CCCC1. The fourth-order valence-electron chi connectivity index (χ4n) is 2.65. The van der Waals surface area contributed by atoms with E-state index >= 15 is 0 Å². The lowest BCUT2D eigenvalue weighted by molar-refractivity contribution is 0.277. The van der Waals surface area contributed by atoms with Crippen molar-refractivity contribution in [3.05, 3.63) is 20.8 Å². The Hall–Kier alpha value is 0.1000. The minimum Gasteiger partial charge on any atom is -0.311 e. The molecule has 0 atom stereocenters. The zero-order valence-corrected chi connectivity index (χ0v) is 13.5. The molecule has 0 amide bonds. The molecule has 0 radical (unpaired) electrons. The molecule has 1 aliphatic carbocycles. The number of thiophene rings is 1. The molecule has 18 heavy (non-hydrogen) atoms. The lowest BCUT2D eigenvalue weighted by Gasteiger charge is -2.20. The summed E-state index contributed by atoms with van der Waals surface area (Å²) in [6.07, 6.45) is 5.79. The highest BCUT2D eigenvalue weighted by atomic mass is 79.9. The van der Waals surface area contributed by atoms with Crippen LogP contribution < -0.4 is 5.32 Å². The Labute approximate surface area is 123 Å². The van der Waals surface area contributed by atoms with Crippen molar-refractivity contribution in [1.29, 1.82) is 0 Å².